The predicted molar refractivity (Wildman–Crippen MR) is 122 cm³/mol. The first kappa shape index (κ1) is 20.1. The number of methoxy groups -OCH3 is 2. The van der Waals surface area contributed by atoms with E-state index in [2.05, 4.69) is 68.7 Å². The molecule has 2 aliphatic heterocycles. The van der Waals surface area contributed by atoms with Crippen LogP contribution in [-0.4, -0.2) is 51.8 Å². The highest BCUT2D eigenvalue weighted by molar-refractivity contribution is 5.80. The van der Waals surface area contributed by atoms with Crippen LogP contribution in [0.25, 0.3) is 0 Å². The highest BCUT2D eigenvalue weighted by Crippen LogP contribution is 2.33. The topological polar surface area (TPSA) is 49.3 Å². The van der Waals surface area contributed by atoms with Crippen LogP contribution >= 0.6 is 0 Å². The fraction of sp³-hybridized carbons (Fsp3) is 0.375. The van der Waals surface area contributed by atoms with Crippen molar-refractivity contribution in [1.82, 2.24) is 10.2 Å². The Kier molecular flexibility index (Phi) is 6.12. The minimum absolute atomic E-state index is 0.747. The lowest BCUT2D eigenvalue weighted by molar-refractivity contribution is 0.346. The quantitative estimate of drug-likeness (QED) is 0.469. The fourth-order valence-corrected chi connectivity index (χ4v) is 4.13. The summed E-state index contributed by atoms with van der Waals surface area (Å²) in [6, 6.07) is 12.9. The van der Waals surface area contributed by atoms with Gasteiger partial charge < -0.3 is 24.6 Å². The summed E-state index contributed by atoms with van der Waals surface area (Å²) in [4.78, 5) is 9.19. The van der Waals surface area contributed by atoms with Gasteiger partial charge in [0.25, 0.3) is 0 Å². The maximum atomic E-state index is 5.49. The Morgan fingerprint density at radius 2 is 1.77 bits per heavy atom. The molecule has 0 aliphatic carbocycles. The second-order valence-electron chi connectivity index (χ2n) is 7.59. The summed E-state index contributed by atoms with van der Waals surface area (Å²) in [6.45, 7) is 4.44. The van der Waals surface area contributed by atoms with Crippen LogP contribution in [0, 0.1) is 0 Å². The van der Waals surface area contributed by atoms with Gasteiger partial charge in [0.15, 0.2) is 17.5 Å². The number of nitrogens with zero attached hydrogens (tertiary/aromatic N) is 3. The number of hydrogen-bond acceptors (Lipinski definition) is 4. The van der Waals surface area contributed by atoms with Crippen molar-refractivity contribution in [3.05, 3.63) is 65.2 Å². The molecule has 0 fully saturated rings. The third-order valence-corrected chi connectivity index (χ3v) is 5.77. The fourth-order valence-electron chi connectivity index (χ4n) is 4.13. The maximum Gasteiger partial charge on any atom is 0.194 e. The number of rotatable bonds is 5. The van der Waals surface area contributed by atoms with Gasteiger partial charge in [0, 0.05) is 45.5 Å². The van der Waals surface area contributed by atoms with Crippen molar-refractivity contribution in [2.75, 3.05) is 45.8 Å². The van der Waals surface area contributed by atoms with Gasteiger partial charge in [-0.05, 0) is 47.4 Å². The van der Waals surface area contributed by atoms with E-state index in [0.29, 0.717) is 0 Å². The van der Waals surface area contributed by atoms with Gasteiger partial charge in [-0.3, -0.25) is 4.99 Å². The van der Waals surface area contributed by atoms with E-state index in [1.165, 1.54) is 22.4 Å². The highest BCUT2D eigenvalue weighted by atomic mass is 16.5. The normalized spacial score (nSPS) is 15.9. The molecule has 2 aliphatic rings. The molecule has 30 heavy (non-hydrogen) atoms. The van der Waals surface area contributed by atoms with Gasteiger partial charge in [0.1, 0.15) is 0 Å². The van der Waals surface area contributed by atoms with Crippen LogP contribution in [0.2, 0.25) is 0 Å². The first-order valence-corrected chi connectivity index (χ1v) is 10.4. The SMILES string of the molecule is CN=C(NCc1cccc(N2CC=CC2)c1)N1CCc2cc(OC)c(OC)cc2C1. The van der Waals surface area contributed by atoms with Gasteiger partial charge in [0.2, 0.25) is 0 Å². The summed E-state index contributed by atoms with van der Waals surface area (Å²) in [7, 11) is 5.21. The van der Waals surface area contributed by atoms with E-state index in [1.807, 2.05) is 7.05 Å². The summed E-state index contributed by atoms with van der Waals surface area (Å²) in [5, 5.41) is 3.54. The van der Waals surface area contributed by atoms with E-state index in [-0.39, 0.29) is 0 Å². The Labute approximate surface area is 178 Å². The first-order chi connectivity index (χ1) is 14.7. The Bertz CT molecular complexity index is 946. The molecular weight excluding hydrogens is 376 g/mol. The highest BCUT2D eigenvalue weighted by Gasteiger charge is 2.21. The molecule has 1 N–H and O–H groups in total. The molecule has 0 saturated carbocycles. The second kappa shape index (κ2) is 9.11. The molecule has 0 saturated heterocycles. The van der Waals surface area contributed by atoms with Crippen molar-refractivity contribution in [2.45, 2.75) is 19.5 Å². The Morgan fingerprint density at radius 3 is 2.47 bits per heavy atom. The van der Waals surface area contributed by atoms with Crippen molar-refractivity contribution in [2.24, 2.45) is 4.99 Å². The minimum Gasteiger partial charge on any atom is -0.493 e. The third-order valence-electron chi connectivity index (χ3n) is 5.77. The van der Waals surface area contributed by atoms with Gasteiger partial charge in [-0.1, -0.05) is 24.3 Å². The first-order valence-electron chi connectivity index (χ1n) is 10.4. The van der Waals surface area contributed by atoms with Crippen LogP contribution in [-0.2, 0) is 19.5 Å². The van der Waals surface area contributed by atoms with Gasteiger partial charge >= 0.3 is 0 Å². The Hall–Kier alpha value is -3.15. The van der Waals surface area contributed by atoms with Crippen LogP contribution < -0.4 is 19.7 Å². The molecular formula is C24H30N4O2. The van der Waals surface area contributed by atoms with Crippen LogP contribution in [0.3, 0.4) is 0 Å². The average molecular weight is 407 g/mol. The number of fused-ring (bicyclic) bond motifs is 1. The number of guanidine groups is 1. The number of ether oxygens (including phenoxy) is 2. The van der Waals surface area contributed by atoms with Crippen LogP contribution in [0.1, 0.15) is 16.7 Å². The number of nitrogens with one attached hydrogen (secondary N) is 1. The van der Waals surface area contributed by atoms with Gasteiger partial charge in [0.05, 0.1) is 14.2 Å². The van der Waals surface area contributed by atoms with Crippen molar-refractivity contribution in [3.8, 4) is 11.5 Å². The summed E-state index contributed by atoms with van der Waals surface area (Å²) in [6.07, 6.45) is 5.38. The molecule has 6 heteroatoms. The average Bonchev–Trinajstić information content (AvgIpc) is 3.33. The lowest BCUT2D eigenvalue weighted by atomic mass is 9.99. The maximum absolute atomic E-state index is 5.49. The molecule has 2 aromatic carbocycles. The number of aliphatic imine (C=N–C) groups is 1. The molecule has 4 rings (SSSR count). The van der Waals surface area contributed by atoms with E-state index in [1.54, 1.807) is 14.2 Å². The summed E-state index contributed by atoms with van der Waals surface area (Å²) < 4.78 is 10.9. The minimum atomic E-state index is 0.747. The predicted octanol–water partition coefficient (Wildman–Crippen LogP) is 3.21. The lowest BCUT2D eigenvalue weighted by Crippen LogP contribution is -2.43. The standard InChI is InChI=1S/C24H30N4O2/c1-25-24(26-16-18-7-6-8-21(13-18)27-10-4-5-11-27)28-12-9-19-14-22(29-2)23(30-3)15-20(19)17-28/h4-8,13-15H,9-12,16-17H2,1-3H3,(H,25,26). The lowest BCUT2D eigenvalue weighted by Gasteiger charge is -2.32. The zero-order chi connectivity index (χ0) is 20.9. The molecule has 0 unspecified atom stereocenters. The molecule has 0 radical (unpaired) electrons. The van der Waals surface area contributed by atoms with E-state index in [4.69, 9.17) is 9.47 Å². The van der Waals surface area contributed by atoms with E-state index in [0.717, 1.165) is 56.6 Å². The number of benzene rings is 2. The van der Waals surface area contributed by atoms with Crippen LogP contribution in [0.5, 0.6) is 11.5 Å². The van der Waals surface area contributed by atoms with Crippen LogP contribution in [0.15, 0.2) is 53.5 Å². The summed E-state index contributed by atoms with van der Waals surface area (Å²) in [5.41, 5.74) is 5.09. The zero-order valence-electron chi connectivity index (χ0n) is 18.0. The molecule has 0 aromatic heterocycles. The molecule has 0 atom stereocenters. The molecule has 2 heterocycles. The third kappa shape index (κ3) is 4.22. The van der Waals surface area contributed by atoms with E-state index in [9.17, 15) is 0 Å². The van der Waals surface area contributed by atoms with E-state index >= 15 is 0 Å². The number of hydrogen-bond donors (Lipinski definition) is 1. The van der Waals surface area contributed by atoms with Crippen molar-refractivity contribution in [3.63, 3.8) is 0 Å². The van der Waals surface area contributed by atoms with Crippen LogP contribution in [0.4, 0.5) is 5.69 Å². The molecule has 158 valence electrons. The largest absolute Gasteiger partial charge is 0.493 e. The Morgan fingerprint density at radius 1 is 1.03 bits per heavy atom. The molecule has 6 nitrogen and oxygen atoms in total. The summed E-state index contributed by atoms with van der Waals surface area (Å²) >= 11 is 0. The van der Waals surface area contributed by atoms with Crippen molar-refractivity contribution >= 4 is 11.6 Å². The van der Waals surface area contributed by atoms with Crippen molar-refractivity contribution < 1.29 is 9.47 Å². The van der Waals surface area contributed by atoms with Gasteiger partial charge in [-0.15, -0.1) is 0 Å². The van der Waals surface area contributed by atoms with Gasteiger partial charge in [-0.25, -0.2) is 0 Å². The van der Waals surface area contributed by atoms with E-state index < -0.39 is 0 Å². The zero-order valence-corrected chi connectivity index (χ0v) is 18.0. The van der Waals surface area contributed by atoms with Gasteiger partial charge in [-0.2, -0.15) is 0 Å². The second-order valence-corrected chi connectivity index (χ2v) is 7.59. The van der Waals surface area contributed by atoms with Crippen molar-refractivity contribution in [1.29, 1.82) is 0 Å². The number of anilines is 1. The molecule has 0 bridgehead atoms. The Balaban J connectivity index is 1.42. The summed E-state index contributed by atoms with van der Waals surface area (Å²) in [5.74, 6) is 2.48. The molecule has 0 spiro atoms. The molecule has 0 amide bonds. The molecule has 2 aromatic rings. The monoisotopic (exact) mass is 406 g/mol. The smallest absolute Gasteiger partial charge is 0.194 e.